The number of fused-ring (bicyclic) bond motifs is 1. The summed E-state index contributed by atoms with van der Waals surface area (Å²) in [6, 6.07) is 34.4. The number of nitrogens with one attached hydrogen (secondary N) is 4. The molecule has 11 nitrogen and oxygen atoms in total. The highest BCUT2D eigenvalue weighted by Gasteiger charge is 2.30. The van der Waals surface area contributed by atoms with E-state index in [-0.39, 0.29) is 29.5 Å². The number of likely N-dealkylation sites (tertiary alicyclic amines) is 1. The number of aliphatic hydroxyl groups is 1. The zero-order valence-electron chi connectivity index (χ0n) is 30.9. The second-order valence-electron chi connectivity index (χ2n) is 14.4. The Morgan fingerprint density at radius 2 is 1.60 bits per heavy atom. The van der Waals surface area contributed by atoms with E-state index in [9.17, 15) is 19.5 Å². The number of carbonyl (C=O) groups is 2. The molecule has 1 aliphatic carbocycles. The lowest BCUT2D eigenvalue weighted by molar-refractivity contribution is -0.124. The van der Waals surface area contributed by atoms with Crippen LogP contribution in [0.15, 0.2) is 114 Å². The van der Waals surface area contributed by atoms with E-state index in [1.807, 2.05) is 91.0 Å². The molecule has 1 saturated carbocycles. The number of pyridine rings is 1. The van der Waals surface area contributed by atoms with Gasteiger partial charge in [-0.1, -0.05) is 84.9 Å². The molecule has 2 heterocycles. The Morgan fingerprint density at radius 1 is 0.855 bits per heavy atom. The fraction of sp³-hybridized carbons (Fsp3) is 0.341. The van der Waals surface area contributed by atoms with Crippen LogP contribution in [-0.4, -0.2) is 71.9 Å². The molecule has 1 saturated heterocycles. The number of aliphatic hydroxyl groups excluding tert-OH is 1. The van der Waals surface area contributed by atoms with Crippen molar-refractivity contribution in [3.05, 3.63) is 131 Å². The number of hydrogen-bond acceptors (Lipinski definition) is 8. The van der Waals surface area contributed by atoms with Crippen LogP contribution in [-0.2, 0) is 16.1 Å². The van der Waals surface area contributed by atoms with Gasteiger partial charge < -0.3 is 35.1 Å². The van der Waals surface area contributed by atoms with Crippen molar-refractivity contribution in [2.45, 2.75) is 57.0 Å². The molecular weight excluding hydrogens is 695 g/mol. The van der Waals surface area contributed by atoms with Gasteiger partial charge in [0.2, 0.25) is 11.5 Å². The normalized spacial score (nSPS) is 18.1. The first-order valence-corrected chi connectivity index (χ1v) is 19.3. The molecule has 2 fully saturated rings. The zero-order chi connectivity index (χ0) is 38.0. The van der Waals surface area contributed by atoms with Crippen LogP contribution in [0.2, 0.25) is 0 Å². The van der Waals surface area contributed by atoms with Crippen molar-refractivity contribution >= 4 is 28.6 Å². The quantitative estimate of drug-likeness (QED) is 0.0880. The van der Waals surface area contributed by atoms with Crippen LogP contribution in [0.25, 0.3) is 22.0 Å². The third-order valence-electron chi connectivity index (χ3n) is 10.7. The molecule has 1 aliphatic heterocycles. The number of aromatic nitrogens is 1. The van der Waals surface area contributed by atoms with Crippen molar-refractivity contribution in [1.82, 2.24) is 20.5 Å². The number of benzene rings is 4. The first kappa shape index (κ1) is 37.8. The molecule has 286 valence electrons. The van der Waals surface area contributed by atoms with Gasteiger partial charge in [-0.15, -0.1) is 0 Å². The average molecular weight is 744 g/mol. The molecule has 0 bridgehead atoms. The number of piperidine rings is 1. The van der Waals surface area contributed by atoms with Gasteiger partial charge in [0.1, 0.15) is 18.5 Å². The predicted molar refractivity (Wildman–Crippen MR) is 214 cm³/mol. The van der Waals surface area contributed by atoms with Crippen LogP contribution >= 0.6 is 0 Å². The maximum Gasteiger partial charge on any atom is 0.411 e. The number of carbonyl (C=O) groups excluding carboxylic acids is 2. The topological polar surface area (TPSA) is 145 Å². The van der Waals surface area contributed by atoms with Gasteiger partial charge in [0.05, 0.1) is 17.3 Å². The Balaban J connectivity index is 0.809. The fourth-order valence-corrected chi connectivity index (χ4v) is 7.67. The van der Waals surface area contributed by atoms with Gasteiger partial charge in [0.15, 0.2) is 0 Å². The Hall–Kier alpha value is -5.49. The number of aromatic amines is 1. The van der Waals surface area contributed by atoms with Gasteiger partial charge in [-0.3, -0.25) is 14.9 Å². The van der Waals surface area contributed by atoms with Crippen LogP contribution in [0.5, 0.6) is 5.75 Å². The number of nitrogens with zero attached hydrogens (tertiary/aromatic N) is 1. The molecule has 2 amide bonds. The monoisotopic (exact) mass is 743 g/mol. The van der Waals surface area contributed by atoms with Crippen molar-refractivity contribution in [2.24, 2.45) is 5.92 Å². The van der Waals surface area contributed by atoms with Crippen molar-refractivity contribution in [1.29, 1.82) is 0 Å². The van der Waals surface area contributed by atoms with Crippen molar-refractivity contribution in [2.75, 3.05) is 38.0 Å². The largest absolute Gasteiger partial charge is 0.487 e. The Morgan fingerprint density at radius 3 is 2.40 bits per heavy atom. The van der Waals surface area contributed by atoms with Crippen molar-refractivity contribution < 1.29 is 24.2 Å². The lowest BCUT2D eigenvalue weighted by Crippen LogP contribution is -2.43. The predicted octanol–water partition coefficient (Wildman–Crippen LogP) is 6.40. The highest BCUT2D eigenvalue weighted by molar-refractivity contribution is 5.91. The molecule has 3 atom stereocenters. The molecule has 0 radical (unpaired) electrons. The first-order chi connectivity index (χ1) is 26.9. The second-order valence-corrected chi connectivity index (χ2v) is 14.4. The third-order valence-corrected chi connectivity index (χ3v) is 10.7. The average Bonchev–Trinajstić information content (AvgIpc) is 3.70. The lowest BCUT2D eigenvalue weighted by Gasteiger charge is -2.31. The van der Waals surface area contributed by atoms with E-state index in [0.29, 0.717) is 48.6 Å². The van der Waals surface area contributed by atoms with Gasteiger partial charge >= 0.3 is 6.09 Å². The standard InChI is InChI=1S/C44H49N5O6/c50-39(36-17-19-40(42-37(36)18-20-41(51)48-42)54-29-30-9-3-1-4-10-30)28-46-33-16-15-32(27-33)43(52)45-23-26-49-24-21-34(22-25-49)55-44(53)47-38-14-8-7-13-35(38)31-11-5-2-6-12-31/h1-14,17-20,32-34,39,46,50H,15-16,21-29H2,(H,45,52)(H,47,53)(H,48,51)/t32-,33+,39+/m1/s1. The number of ether oxygens (including phenoxy) is 2. The maximum absolute atomic E-state index is 13.1. The van der Waals surface area contributed by atoms with Crippen LogP contribution in [0.4, 0.5) is 10.5 Å². The maximum atomic E-state index is 13.1. The van der Waals surface area contributed by atoms with Gasteiger partial charge in [-0.25, -0.2) is 4.79 Å². The molecule has 0 spiro atoms. The van der Waals surface area contributed by atoms with E-state index in [4.69, 9.17) is 9.47 Å². The van der Waals surface area contributed by atoms with Gasteiger partial charge in [0, 0.05) is 61.7 Å². The summed E-state index contributed by atoms with van der Waals surface area (Å²) >= 11 is 0. The number of H-pyrrole nitrogens is 1. The minimum absolute atomic E-state index is 0.0663. The number of hydrogen-bond donors (Lipinski definition) is 5. The molecule has 5 N–H and O–H groups in total. The van der Waals surface area contributed by atoms with Crippen LogP contribution in [0.3, 0.4) is 0 Å². The number of amides is 2. The highest BCUT2D eigenvalue weighted by Crippen LogP contribution is 2.32. The summed E-state index contributed by atoms with van der Waals surface area (Å²) in [5.74, 6) is 0.535. The molecule has 7 rings (SSSR count). The molecule has 55 heavy (non-hydrogen) atoms. The minimum atomic E-state index is -0.815. The smallest absolute Gasteiger partial charge is 0.411 e. The second kappa shape index (κ2) is 18.2. The van der Waals surface area contributed by atoms with E-state index < -0.39 is 12.2 Å². The summed E-state index contributed by atoms with van der Waals surface area (Å²) in [4.78, 5) is 43.2. The van der Waals surface area contributed by atoms with E-state index in [2.05, 4.69) is 25.8 Å². The number of rotatable bonds is 14. The summed E-state index contributed by atoms with van der Waals surface area (Å²) in [5.41, 5.74) is 4.71. The molecule has 0 unspecified atom stereocenters. The van der Waals surface area contributed by atoms with E-state index in [1.165, 1.54) is 6.07 Å². The van der Waals surface area contributed by atoms with E-state index >= 15 is 0 Å². The minimum Gasteiger partial charge on any atom is -0.487 e. The van der Waals surface area contributed by atoms with Crippen molar-refractivity contribution in [3.63, 3.8) is 0 Å². The SMILES string of the molecule is O=C(Nc1ccccc1-c1ccccc1)OC1CCN(CCNC(=O)[C@@H]2CC[C@H](NC[C@H](O)c3ccc(OCc4ccccc4)c4[nH]c(=O)ccc34)C2)CC1. The van der Waals surface area contributed by atoms with Gasteiger partial charge in [-0.05, 0) is 67.0 Å². The molecule has 1 aromatic heterocycles. The first-order valence-electron chi connectivity index (χ1n) is 19.3. The zero-order valence-corrected chi connectivity index (χ0v) is 30.9. The Labute approximate surface area is 321 Å². The summed E-state index contributed by atoms with van der Waals surface area (Å²) in [7, 11) is 0. The van der Waals surface area contributed by atoms with E-state index in [0.717, 1.165) is 67.4 Å². The van der Waals surface area contributed by atoms with Gasteiger partial charge in [-0.2, -0.15) is 0 Å². The van der Waals surface area contributed by atoms with Crippen LogP contribution in [0.1, 0.15) is 49.3 Å². The fourth-order valence-electron chi connectivity index (χ4n) is 7.67. The summed E-state index contributed by atoms with van der Waals surface area (Å²) in [6.07, 6.45) is 2.41. The Bertz CT molecular complexity index is 2100. The Kier molecular flexibility index (Phi) is 12.5. The summed E-state index contributed by atoms with van der Waals surface area (Å²) < 4.78 is 11.8. The molecule has 4 aromatic carbocycles. The third kappa shape index (κ3) is 9.99. The number of anilines is 1. The molecule has 2 aliphatic rings. The number of para-hydroxylation sites is 1. The lowest BCUT2D eigenvalue weighted by atomic mass is 10.0. The highest BCUT2D eigenvalue weighted by atomic mass is 16.6. The summed E-state index contributed by atoms with van der Waals surface area (Å²) in [5, 5.41) is 21.5. The molecule has 11 heteroatoms. The van der Waals surface area contributed by atoms with Gasteiger partial charge in [0.25, 0.3) is 0 Å². The molecule has 5 aromatic rings. The van der Waals surface area contributed by atoms with Crippen molar-refractivity contribution in [3.8, 4) is 16.9 Å². The van der Waals surface area contributed by atoms with Crippen LogP contribution < -0.4 is 26.2 Å². The molecular formula is C44H49N5O6. The van der Waals surface area contributed by atoms with Crippen LogP contribution in [0, 0.1) is 5.92 Å². The summed E-state index contributed by atoms with van der Waals surface area (Å²) in [6.45, 7) is 3.57. The van der Waals surface area contributed by atoms with E-state index in [1.54, 1.807) is 12.1 Å².